The van der Waals surface area contributed by atoms with Crippen LogP contribution in [0.3, 0.4) is 0 Å². The number of hydrogen-bond donors (Lipinski definition) is 4. The molecule has 8 nitrogen and oxygen atoms in total. The van der Waals surface area contributed by atoms with E-state index in [0.717, 1.165) is 6.07 Å². The Bertz CT molecular complexity index is 916. The third-order valence-corrected chi connectivity index (χ3v) is 4.45. The average molecular weight is 319 g/mol. The molecule has 0 aliphatic carbocycles. The molecule has 0 aromatic heterocycles. The molecule has 5 N–H and O–H groups in total. The Balaban J connectivity index is 3.17. The van der Waals surface area contributed by atoms with E-state index in [4.69, 9.17) is 14.8 Å². The number of phenolic OH excluding ortho intramolecular Hbond substituents is 1. The SMILES string of the molecule is Nc1c(S(=O)(=O)O)cc(S(=O)(=O)O)c2cccc(O)c12. The highest BCUT2D eigenvalue weighted by Gasteiger charge is 2.25. The summed E-state index contributed by atoms with van der Waals surface area (Å²) < 4.78 is 63.2. The molecule has 0 fully saturated rings. The molecule has 0 unspecified atom stereocenters. The van der Waals surface area contributed by atoms with Gasteiger partial charge in [0.25, 0.3) is 20.2 Å². The normalized spacial score (nSPS) is 12.7. The van der Waals surface area contributed by atoms with Crippen molar-refractivity contribution < 1.29 is 31.0 Å². The molecule has 0 aliphatic heterocycles. The summed E-state index contributed by atoms with van der Waals surface area (Å²) in [6.45, 7) is 0. The van der Waals surface area contributed by atoms with Gasteiger partial charge in [0.2, 0.25) is 0 Å². The van der Waals surface area contributed by atoms with Gasteiger partial charge >= 0.3 is 0 Å². The number of rotatable bonds is 2. The zero-order valence-electron chi connectivity index (χ0n) is 9.68. The predicted molar refractivity (Wildman–Crippen MR) is 69.7 cm³/mol. The fourth-order valence-corrected chi connectivity index (χ4v) is 3.29. The highest BCUT2D eigenvalue weighted by atomic mass is 32.2. The Morgan fingerprint density at radius 1 is 0.950 bits per heavy atom. The van der Waals surface area contributed by atoms with Gasteiger partial charge in [0.1, 0.15) is 15.5 Å². The van der Waals surface area contributed by atoms with Crippen molar-refractivity contribution in [1.29, 1.82) is 0 Å². The number of hydrogen-bond acceptors (Lipinski definition) is 6. The maximum Gasteiger partial charge on any atom is 0.296 e. The van der Waals surface area contributed by atoms with Gasteiger partial charge in [-0.2, -0.15) is 16.8 Å². The van der Waals surface area contributed by atoms with Crippen LogP contribution in [0.15, 0.2) is 34.1 Å². The molecule has 10 heteroatoms. The largest absolute Gasteiger partial charge is 0.507 e. The van der Waals surface area contributed by atoms with Crippen molar-refractivity contribution >= 4 is 36.7 Å². The summed E-state index contributed by atoms with van der Waals surface area (Å²) >= 11 is 0. The first-order valence-corrected chi connectivity index (χ1v) is 7.90. The van der Waals surface area contributed by atoms with Crippen LogP contribution >= 0.6 is 0 Å². The molecule has 0 aliphatic rings. The first kappa shape index (κ1) is 14.5. The van der Waals surface area contributed by atoms with Crippen LogP contribution < -0.4 is 5.73 Å². The zero-order valence-corrected chi connectivity index (χ0v) is 11.3. The van der Waals surface area contributed by atoms with Crippen molar-refractivity contribution in [3.8, 4) is 5.75 Å². The number of anilines is 1. The minimum atomic E-state index is -4.84. The van der Waals surface area contributed by atoms with Gasteiger partial charge in [0.05, 0.1) is 5.69 Å². The van der Waals surface area contributed by atoms with Crippen LogP contribution in [0.2, 0.25) is 0 Å². The lowest BCUT2D eigenvalue weighted by Gasteiger charge is -2.11. The number of aromatic hydroxyl groups is 1. The van der Waals surface area contributed by atoms with Crippen molar-refractivity contribution in [2.24, 2.45) is 0 Å². The summed E-state index contributed by atoms with van der Waals surface area (Å²) in [5.41, 5.74) is 5.02. The van der Waals surface area contributed by atoms with Crippen molar-refractivity contribution in [2.75, 3.05) is 5.73 Å². The summed E-state index contributed by atoms with van der Waals surface area (Å²) in [4.78, 5) is -1.70. The molecule has 0 saturated carbocycles. The molecule has 0 bridgehead atoms. The summed E-state index contributed by atoms with van der Waals surface area (Å²) in [5, 5.41) is 9.23. The fourth-order valence-electron chi connectivity index (χ4n) is 1.85. The van der Waals surface area contributed by atoms with Gasteiger partial charge in [-0.15, -0.1) is 0 Å². The van der Waals surface area contributed by atoms with Gasteiger partial charge in [0, 0.05) is 10.8 Å². The second-order valence-electron chi connectivity index (χ2n) is 3.94. The summed E-state index contributed by atoms with van der Waals surface area (Å²) in [5.74, 6) is -0.490. The number of nitrogen functional groups attached to an aromatic ring is 1. The molecule has 2 aromatic rings. The molecular formula is C10H9NO7S2. The average Bonchev–Trinajstić information content (AvgIpc) is 2.25. The van der Waals surface area contributed by atoms with E-state index in [-0.39, 0.29) is 10.8 Å². The topological polar surface area (TPSA) is 155 Å². The highest BCUT2D eigenvalue weighted by molar-refractivity contribution is 7.87. The van der Waals surface area contributed by atoms with E-state index < -0.39 is 41.5 Å². The maximum atomic E-state index is 11.3. The smallest absolute Gasteiger partial charge is 0.296 e. The molecule has 0 heterocycles. The van der Waals surface area contributed by atoms with Crippen molar-refractivity contribution in [3.63, 3.8) is 0 Å². The molecular weight excluding hydrogens is 310 g/mol. The molecule has 0 spiro atoms. The van der Waals surface area contributed by atoms with Crippen LogP contribution in [0.1, 0.15) is 0 Å². The zero-order chi connectivity index (χ0) is 15.3. The molecule has 20 heavy (non-hydrogen) atoms. The van der Waals surface area contributed by atoms with Gasteiger partial charge in [-0.05, 0) is 12.1 Å². The molecule has 108 valence electrons. The predicted octanol–water partition coefficient (Wildman–Crippen LogP) is 0.621. The van der Waals surface area contributed by atoms with E-state index in [1.807, 2.05) is 0 Å². The van der Waals surface area contributed by atoms with Crippen molar-refractivity contribution in [3.05, 3.63) is 24.3 Å². The monoisotopic (exact) mass is 319 g/mol. The molecule has 2 rings (SSSR count). The number of fused-ring (bicyclic) bond motifs is 1. The number of benzene rings is 2. The lowest BCUT2D eigenvalue weighted by molar-refractivity contribution is 0.480. The highest BCUT2D eigenvalue weighted by Crippen LogP contribution is 2.38. The molecule has 0 atom stereocenters. The van der Waals surface area contributed by atoms with E-state index in [0.29, 0.717) is 6.07 Å². The van der Waals surface area contributed by atoms with Gasteiger partial charge in [-0.25, -0.2) is 0 Å². The molecule has 0 saturated heterocycles. The van der Waals surface area contributed by atoms with Crippen LogP contribution in [0, 0.1) is 0 Å². The van der Waals surface area contributed by atoms with Gasteiger partial charge in [-0.1, -0.05) is 12.1 Å². The molecule has 0 amide bonds. The Morgan fingerprint density at radius 2 is 1.50 bits per heavy atom. The van der Waals surface area contributed by atoms with Crippen molar-refractivity contribution in [1.82, 2.24) is 0 Å². The number of nitrogens with two attached hydrogens (primary N) is 1. The minimum absolute atomic E-state index is 0.169. The van der Waals surface area contributed by atoms with E-state index in [2.05, 4.69) is 0 Å². The second-order valence-corrected chi connectivity index (χ2v) is 6.72. The van der Waals surface area contributed by atoms with Crippen LogP contribution in [-0.4, -0.2) is 31.0 Å². The van der Waals surface area contributed by atoms with Gasteiger partial charge < -0.3 is 10.8 Å². The Morgan fingerprint density at radius 3 is 2.00 bits per heavy atom. The first-order valence-electron chi connectivity index (χ1n) is 5.02. The summed E-state index contributed by atoms with van der Waals surface area (Å²) in [6.07, 6.45) is 0. The number of phenols is 1. The lowest BCUT2D eigenvalue weighted by Crippen LogP contribution is -2.08. The van der Waals surface area contributed by atoms with E-state index in [1.54, 1.807) is 0 Å². The third kappa shape index (κ3) is 2.29. The Hall–Kier alpha value is -1.88. The third-order valence-electron chi connectivity index (χ3n) is 2.66. The van der Waals surface area contributed by atoms with E-state index in [9.17, 15) is 21.9 Å². The fraction of sp³-hybridized carbons (Fsp3) is 0. The van der Waals surface area contributed by atoms with Gasteiger partial charge in [0.15, 0.2) is 0 Å². The standard InChI is InChI=1S/C10H9NO7S2/c11-10-8(20(16,17)18)4-7(19(13,14)15)5-2-1-3-6(12)9(5)10/h1-4,12H,11H2,(H,13,14,15)(H,16,17,18). The molecule has 2 aromatic carbocycles. The first-order chi connectivity index (χ1) is 9.03. The summed E-state index contributed by atoms with van der Waals surface area (Å²) in [7, 11) is -9.62. The van der Waals surface area contributed by atoms with Crippen LogP contribution in [0.25, 0.3) is 10.8 Å². The maximum absolute atomic E-state index is 11.3. The van der Waals surface area contributed by atoms with E-state index in [1.165, 1.54) is 12.1 Å². The van der Waals surface area contributed by atoms with Crippen LogP contribution in [-0.2, 0) is 20.2 Å². The van der Waals surface area contributed by atoms with Crippen molar-refractivity contribution in [2.45, 2.75) is 9.79 Å². The van der Waals surface area contributed by atoms with E-state index >= 15 is 0 Å². The molecule has 0 radical (unpaired) electrons. The van der Waals surface area contributed by atoms with Crippen LogP contribution in [0.5, 0.6) is 5.75 Å². The lowest BCUT2D eigenvalue weighted by atomic mass is 10.1. The summed E-state index contributed by atoms with van der Waals surface area (Å²) in [6, 6.07) is 4.20. The Kier molecular flexibility index (Phi) is 3.13. The second kappa shape index (κ2) is 4.31. The minimum Gasteiger partial charge on any atom is -0.507 e. The van der Waals surface area contributed by atoms with Crippen LogP contribution in [0.4, 0.5) is 5.69 Å². The Labute approximate surface area is 114 Å². The quantitative estimate of drug-likeness (QED) is 0.463. The van der Waals surface area contributed by atoms with Gasteiger partial charge in [-0.3, -0.25) is 9.11 Å².